The molecule has 0 aliphatic carbocycles. The summed E-state index contributed by atoms with van der Waals surface area (Å²) in [7, 11) is 0. The molecule has 0 unspecified atom stereocenters. The zero-order valence-corrected chi connectivity index (χ0v) is 13.0. The number of aromatic nitrogens is 2. The molecule has 1 atom stereocenters. The number of hydrogen-bond acceptors (Lipinski definition) is 4. The van der Waals surface area contributed by atoms with Crippen molar-refractivity contribution in [1.29, 1.82) is 5.26 Å². The molecule has 6 heteroatoms. The Bertz CT molecular complexity index is 1020. The Kier molecular flexibility index (Phi) is 3.47. The van der Waals surface area contributed by atoms with Crippen LogP contribution in [0.4, 0.5) is 4.39 Å². The third-order valence-electron chi connectivity index (χ3n) is 4.22. The second-order valence-corrected chi connectivity index (χ2v) is 5.63. The molecule has 0 fully saturated rings. The average molecular weight is 332 g/mol. The fraction of sp³-hybridized carbons (Fsp3) is 0.0526. The van der Waals surface area contributed by atoms with E-state index in [1.807, 2.05) is 30.3 Å². The highest BCUT2D eigenvalue weighted by atomic mass is 19.1. The number of nitrogens with one attached hydrogen (secondary N) is 1. The Morgan fingerprint density at radius 2 is 1.84 bits per heavy atom. The van der Waals surface area contributed by atoms with Crippen molar-refractivity contribution >= 4 is 0 Å². The quantitative estimate of drug-likeness (QED) is 0.752. The van der Waals surface area contributed by atoms with Crippen LogP contribution < -0.4 is 10.5 Å². The van der Waals surface area contributed by atoms with Crippen LogP contribution in [0.25, 0.3) is 11.3 Å². The molecule has 2 aromatic carbocycles. The molecule has 25 heavy (non-hydrogen) atoms. The smallest absolute Gasteiger partial charge is 0.244 e. The van der Waals surface area contributed by atoms with Gasteiger partial charge in [-0.2, -0.15) is 5.26 Å². The number of fused-ring (bicyclic) bond motifs is 1. The van der Waals surface area contributed by atoms with Crippen LogP contribution in [-0.2, 0) is 0 Å². The van der Waals surface area contributed by atoms with Crippen molar-refractivity contribution in [1.82, 2.24) is 10.2 Å². The lowest BCUT2D eigenvalue weighted by Crippen LogP contribution is -2.21. The third-order valence-corrected chi connectivity index (χ3v) is 4.22. The normalized spacial score (nSPS) is 16.1. The Morgan fingerprint density at radius 1 is 1.12 bits per heavy atom. The Labute approximate surface area is 143 Å². The lowest BCUT2D eigenvalue weighted by Gasteiger charge is -2.24. The molecule has 2 heterocycles. The summed E-state index contributed by atoms with van der Waals surface area (Å²) in [6.07, 6.45) is 0. The van der Waals surface area contributed by atoms with Crippen molar-refractivity contribution < 1.29 is 9.13 Å². The number of H-pyrrole nitrogens is 1. The van der Waals surface area contributed by atoms with Gasteiger partial charge in [-0.25, -0.2) is 4.39 Å². The Balaban J connectivity index is 1.99. The number of halogens is 1. The fourth-order valence-corrected chi connectivity index (χ4v) is 3.09. The summed E-state index contributed by atoms with van der Waals surface area (Å²) in [4.78, 5) is 0. The van der Waals surface area contributed by atoms with Crippen LogP contribution in [-0.4, -0.2) is 10.2 Å². The van der Waals surface area contributed by atoms with E-state index in [0.717, 1.165) is 5.56 Å². The molecule has 122 valence electrons. The molecule has 3 N–H and O–H groups in total. The van der Waals surface area contributed by atoms with Crippen LogP contribution in [0.2, 0.25) is 0 Å². The van der Waals surface area contributed by atoms with E-state index in [0.29, 0.717) is 16.8 Å². The first kappa shape index (κ1) is 15.0. The summed E-state index contributed by atoms with van der Waals surface area (Å²) >= 11 is 0. The van der Waals surface area contributed by atoms with Gasteiger partial charge in [-0.3, -0.25) is 5.10 Å². The second kappa shape index (κ2) is 5.80. The molecule has 0 spiro atoms. The first-order valence-electron chi connectivity index (χ1n) is 7.66. The number of rotatable bonds is 2. The van der Waals surface area contributed by atoms with Gasteiger partial charge in [0.25, 0.3) is 0 Å². The van der Waals surface area contributed by atoms with Crippen LogP contribution >= 0.6 is 0 Å². The second-order valence-electron chi connectivity index (χ2n) is 5.63. The van der Waals surface area contributed by atoms with Gasteiger partial charge in [0, 0.05) is 5.56 Å². The number of hydrogen-bond donors (Lipinski definition) is 2. The van der Waals surface area contributed by atoms with E-state index in [-0.39, 0.29) is 17.3 Å². The van der Waals surface area contributed by atoms with Crippen molar-refractivity contribution in [3.05, 3.63) is 83.0 Å². The topological polar surface area (TPSA) is 87.7 Å². The summed E-state index contributed by atoms with van der Waals surface area (Å²) < 4.78 is 20.0. The molecule has 0 saturated carbocycles. The van der Waals surface area contributed by atoms with Crippen LogP contribution in [0.15, 0.2) is 66.1 Å². The van der Waals surface area contributed by atoms with Gasteiger partial charge in [0.05, 0.1) is 17.2 Å². The summed E-state index contributed by atoms with van der Waals surface area (Å²) in [6, 6.07) is 17.9. The predicted octanol–water partition coefficient (Wildman–Crippen LogP) is 3.43. The number of aromatic amines is 1. The highest BCUT2D eigenvalue weighted by molar-refractivity contribution is 5.70. The SMILES string of the molecule is N#CC1=C(N)Oc2n[nH]c(-c3ccccc3)c2[C@H]1c1ccccc1F. The van der Waals surface area contributed by atoms with E-state index < -0.39 is 11.7 Å². The number of ether oxygens (including phenoxy) is 1. The molecule has 5 nitrogen and oxygen atoms in total. The standard InChI is InChI=1S/C19H13FN4O/c20-14-9-5-4-8-12(14)15-13(10-21)18(22)25-19-16(15)17(23-24-19)11-6-2-1-3-7-11/h1-9,15H,22H2,(H,23,24)/t15-/m0/s1. The van der Waals surface area contributed by atoms with Crippen molar-refractivity contribution in [3.63, 3.8) is 0 Å². The molecule has 0 amide bonds. The van der Waals surface area contributed by atoms with Gasteiger partial charge in [-0.05, 0) is 11.6 Å². The zero-order chi connectivity index (χ0) is 17.4. The largest absolute Gasteiger partial charge is 0.420 e. The van der Waals surface area contributed by atoms with E-state index in [1.54, 1.807) is 18.2 Å². The minimum absolute atomic E-state index is 0.0608. The monoisotopic (exact) mass is 332 g/mol. The number of nitriles is 1. The van der Waals surface area contributed by atoms with Gasteiger partial charge in [-0.1, -0.05) is 48.5 Å². The van der Waals surface area contributed by atoms with E-state index in [1.165, 1.54) is 6.07 Å². The van der Waals surface area contributed by atoms with Crippen LogP contribution in [0.1, 0.15) is 17.0 Å². The molecular weight excluding hydrogens is 319 g/mol. The van der Waals surface area contributed by atoms with Crippen molar-refractivity contribution in [2.24, 2.45) is 5.73 Å². The van der Waals surface area contributed by atoms with Crippen molar-refractivity contribution in [2.45, 2.75) is 5.92 Å². The Morgan fingerprint density at radius 3 is 2.56 bits per heavy atom. The minimum Gasteiger partial charge on any atom is -0.420 e. The number of benzene rings is 2. The molecule has 1 aliphatic heterocycles. The molecule has 3 aromatic rings. The molecule has 1 aliphatic rings. The third kappa shape index (κ3) is 2.34. The maximum Gasteiger partial charge on any atom is 0.244 e. The van der Waals surface area contributed by atoms with Crippen LogP contribution in [0.3, 0.4) is 0 Å². The van der Waals surface area contributed by atoms with Gasteiger partial charge < -0.3 is 10.5 Å². The highest BCUT2D eigenvalue weighted by Crippen LogP contribution is 2.45. The van der Waals surface area contributed by atoms with Crippen LogP contribution in [0.5, 0.6) is 5.88 Å². The summed E-state index contributed by atoms with van der Waals surface area (Å²) in [5.74, 6) is -0.914. The lowest BCUT2D eigenvalue weighted by molar-refractivity contribution is 0.378. The van der Waals surface area contributed by atoms with Gasteiger partial charge >= 0.3 is 0 Å². The maximum absolute atomic E-state index is 14.5. The van der Waals surface area contributed by atoms with Crippen LogP contribution in [0, 0.1) is 17.1 Å². The number of nitrogens with two attached hydrogens (primary N) is 1. The van der Waals surface area contributed by atoms with Gasteiger partial charge in [0.1, 0.15) is 17.5 Å². The molecule has 0 saturated heterocycles. The fourth-order valence-electron chi connectivity index (χ4n) is 3.09. The zero-order valence-electron chi connectivity index (χ0n) is 13.0. The first-order valence-corrected chi connectivity index (χ1v) is 7.66. The summed E-state index contributed by atoms with van der Waals surface area (Å²) in [6.45, 7) is 0. The first-order chi connectivity index (χ1) is 12.2. The molecule has 1 aromatic heterocycles. The molecule has 4 rings (SSSR count). The van der Waals surface area contributed by atoms with E-state index in [2.05, 4.69) is 16.3 Å². The van der Waals surface area contributed by atoms with E-state index in [9.17, 15) is 9.65 Å². The number of nitrogens with zero attached hydrogens (tertiary/aromatic N) is 2. The van der Waals surface area contributed by atoms with Gasteiger partial charge in [0.15, 0.2) is 0 Å². The van der Waals surface area contributed by atoms with E-state index in [4.69, 9.17) is 10.5 Å². The average Bonchev–Trinajstić information content (AvgIpc) is 3.05. The highest BCUT2D eigenvalue weighted by Gasteiger charge is 2.36. The minimum atomic E-state index is -0.691. The van der Waals surface area contributed by atoms with Crippen molar-refractivity contribution in [3.8, 4) is 23.2 Å². The summed E-state index contributed by atoms with van der Waals surface area (Å²) in [5, 5.41) is 16.7. The molecule has 0 bridgehead atoms. The number of allylic oxidation sites excluding steroid dienone is 1. The van der Waals surface area contributed by atoms with E-state index >= 15 is 0 Å². The van der Waals surface area contributed by atoms with Crippen molar-refractivity contribution in [2.75, 3.05) is 0 Å². The lowest BCUT2D eigenvalue weighted by atomic mass is 9.83. The molecule has 0 radical (unpaired) electrons. The van der Waals surface area contributed by atoms with Gasteiger partial charge in [0.2, 0.25) is 11.8 Å². The summed E-state index contributed by atoms with van der Waals surface area (Å²) in [5.41, 5.74) is 8.53. The Hall–Kier alpha value is -3.59. The maximum atomic E-state index is 14.5. The van der Waals surface area contributed by atoms with Gasteiger partial charge in [-0.15, -0.1) is 5.10 Å². The predicted molar refractivity (Wildman–Crippen MR) is 89.7 cm³/mol. The molecular formula is C19H13FN4O.